The van der Waals surface area contributed by atoms with Crippen LogP contribution in [0.15, 0.2) is 24.3 Å². The second-order valence-corrected chi connectivity index (χ2v) is 6.09. The smallest absolute Gasteiger partial charge is 0.253 e. The lowest BCUT2D eigenvalue weighted by Gasteiger charge is -2.32. The summed E-state index contributed by atoms with van der Waals surface area (Å²) in [5.74, 6) is 0.150. The van der Waals surface area contributed by atoms with Gasteiger partial charge in [-0.05, 0) is 44.5 Å². The van der Waals surface area contributed by atoms with Crippen molar-refractivity contribution in [3.63, 3.8) is 0 Å². The molecule has 1 aromatic rings. The number of rotatable bonds is 6. The zero-order valence-corrected chi connectivity index (χ0v) is 16.6. The molecule has 1 aliphatic rings. The van der Waals surface area contributed by atoms with Crippen molar-refractivity contribution in [2.75, 3.05) is 37.6 Å². The lowest BCUT2D eigenvalue weighted by molar-refractivity contribution is 0.0709. The third kappa shape index (κ3) is 6.15. The van der Waals surface area contributed by atoms with E-state index in [0.29, 0.717) is 6.04 Å². The topological polar surface area (TPSA) is 35.6 Å². The first kappa shape index (κ1) is 23.0. The molecule has 138 valence electrons. The normalized spacial score (nSPS) is 16.8. The molecule has 1 aromatic carbocycles. The third-order valence-electron chi connectivity index (χ3n) is 4.30. The van der Waals surface area contributed by atoms with E-state index in [9.17, 15) is 4.79 Å². The average Bonchev–Trinajstić information content (AvgIpc) is 2.55. The second kappa shape index (κ2) is 11.6. The van der Waals surface area contributed by atoms with Crippen LogP contribution in [-0.4, -0.2) is 49.6 Å². The number of nitrogens with one attached hydrogen (secondary N) is 1. The maximum Gasteiger partial charge on any atom is 0.253 e. The Bertz CT molecular complexity index is 482. The number of amides is 1. The number of benzene rings is 1. The quantitative estimate of drug-likeness (QED) is 0.824. The Balaban J connectivity index is 0.00000264. The van der Waals surface area contributed by atoms with Crippen LogP contribution < -0.4 is 10.2 Å². The van der Waals surface area contributed by atoms with Gasteiger partial charge in [-0.1, -0.05) is 13.3 Å². The van der Waals surface area contributed by atoms with Crippen LogP contribution in [0.4, 0.5) is 5.69 Å². The monoisotopic (exact) mass is 375 g/mol. The number of nitrogens with zero attached hydrogens (tertiary/aromatic N) is 2. The van der Waals surface area contributed by atoms with Crippen LogP contribution in [-0.2, 0) is 0 Å². The SMILES string of the molecule is CCCCN(CC)c1ccc(C(=O)N2CCNC(C)C2)cc1.Cl.Cl. The van der Waals surface area contributed by atoms with E-state index in [-0.39, 0.29) is 30.7 Å². The number of hydrogen-bond donors (Lipinski definition) is 1. The Morgan fingerprint density at radius 1 is 1.25 bits per heavy atom. The minimum Gasteiger partial charge on any atom is -0.372 e. The molecule has 1 aliphatic heterocycles. The van der Waals surface area contributed by atoms with Crippen LogP contribution in [0, 0.1) is 0 Å². The van der Waals surface area contributed by atoms with Gasteiger partial charge < -0.3 is 15.1 Å². The summed E-state index contributed by atoms with van der Waals surface area (Å²) in [6, 6.07) is 8.48. The highest BCUT2D eigenvalue weighted by molar-refractivity contribution is 5.94. The third-order valence-corrected chi connectivity index (χ3v) is 4.30. The van der Waals surface area contributed by atoms with Crippen molar-refractivity contribution in [3.05, 3.63) is 29.8 Å². The fourth-order valence-electron chi connectivity index (χ4n) is 2.93. The van der Waals surface area contributed by atoms with Gasteiger partial charge >= 0.3 is 0 Å². The van der Waals surface area contributed by atoms with E-state index in [1.54, 1.807) is 0 Å². The zero-order chi connectivity index (χ0) is 15.9. The molecule has 2 rings (SSSR count). The van der Waals surface area contributed by atoms with Crippen LogP contribution in [0.25, 0.3) is 0 Å². The standard InChI is InChI=1S/C18H29N3O.2ClH/c1-4-6-12-20(5-2)17-9-7-16(8-10-17)18(22)21-13-11-19-15(3)14-21;;/h7-10,15,19H,4-6,11-14H2,1-3H3;2*1H. The molecule has 0 saturated carbocycles. The summed E-state index contributed by atoms with van der Waals surface area (Å²) in [5.41, 5.74) is 2.01. The molecule has 24 heavy (non-hydrogen) atoms. The molecule has 0 spiro atoms. The molecule has 1 saturated heterocycles. The minimum atomic E-state index is 0. The van der Waals surface area contributed by atoms with Gasteiger partial charge in [0.2, 0.25) is 0 Å². The average molecular weight is 376 g/mol. The van der Waals surface area contributed by atoms with Crippen molar-refractivity contribution in [1.29, 1.82) is 0 Å². The molecule has 1 fully saturated rings. The Morgan fingerprint density at radius 2 is 1.92 bits per heavy atom. The first-order valence-electron chi connectivity index (χ1n) is 8.53. The first-order chi connectivity index (χ1) is 10.7. The van der Waals surface area contributed by atoms with Gasteiger partial charge in [0.05, 0.1) is 0 Å². The van der Waals surface area contributed by atoms with Gasteiger partial charge in [0, 0.05) is 50.0 Å². The molecular formula is C18H31Cl2N3O. The number of anilines is 1. The van der Waals surface area contributed by atoms with E-state index in [0.717, 1.165) is 38.3 Å². The summed E-state index contributed by atoms with van der Waals surface area (Å²) in [6.07, 6.45) is 2.40. The number of hydrogen-bond acceptors (Lipinski definition) is 3. The van der Waals surface area contributed by atoms with Crippen molar-refractivity contribution >= 4 is 36.4 Å². The van der Waals surface area contributed by atoms with Crippen LogP contribution >= 0.6 is 24.8 Å². The van der Waals surface area contributed by atoms with Gasteiger partial charge in [0.15, 0.2) is 0 Å². The predicted molar refractivity (Wildman–Crippen MR) is 107 cm³/mol. The molecule has 6 heteroatoms. The van der Waals surface area contributed by atoms with E-state index >= 15 is 0 Å². The van der Waals surface area contributed by atoms with Gasteiger partial charge in [-0.25, -0.2) is 0 Å². The molecule has 1 heterocycles. The number of carbonyl (C=O) groups excluding carboxylic acids is 1. The molecular weight excluding hydrogens is 345 g/mol. The van der Waals surface area contributed by atoms with E-state index in [1.807, 2.05) is 17.0 Å². The highest BCUT2D eigenvalue weighted by Crippen LogP contribution is 2.17. The molecule has 1 amide bonds. The molecule has 0 aliphatic carbocycles. The Hall–Kier alpha value is -0.970. The molecule has 0 aromatic heterocycles. The highest BCUT2D eigenvalue weighted by atomic mass is 35.5. The molecule has 0 bridgehead atoms. The van der Waals surface area contributed by atoms with Gasteiger partial charge in [-0.2, -0.15) is 0 Å². The summed E-state index contributed by atoms with van der Waals surface area (Å²) in [5, 5.41) is 3.37. The number of piperazine rings is 1. The van der Waals surface area contributed by atoms with Gasteiger partial charge in [0.25, 0.3) is 5.91 Å². The highest BCUT2D eigenvalue weighted by Gasteiger charge is 2.21. The summed E-state index contributed by atoms with van der Waals surface area (Å²) < 4.78 is 0. The maximum absolute atomic E-state index is 12.6. The summed E-state index contributed by atoms with van der Waals surface area (Å²) in [7, 11) is 0. The van der Waals surface area contributed by atoms with E-state index in [4.69, 9.17) is 0 Å². The van der Waals surface area contributed by atoms with Crippen molar-refractivity contribution in [2.24, 2.45) is 0 Å². The van der Waals surface area contributed by atoms with Crippen LogP contribution in [0.3, 0.4) is 0 Å². The van der Waals surface area contributed by atoms with Crippen molar-refractivity contribution in [3.8, 4) is 0 Å². The van der Waals surface area contributed by atoms with E-state index in [1.165, 1.54) is 18.5 Å². The first-order valence-corrected chi connectivity index (χ1v) is 8.53. The molecule has 4 nitrogen and oxygen atoms in total. The Labute approximate surface area is 158 Å². The largest absolute Gasteiger partial charge is 0.372 e. The van der Waals surface area contributed by atoms with Gasteiger partial charge in [-0.3, -0.25) is 4.79 Å². The lowest BCUT2D eigenvalue weighted by atomic mass is 10.1. The van der Waals surface area contributed by atoms with Crippen LogP contribution in [0.1, 0.15) is 44.0 Å². The fraction of sp³-hybridized carbons (Fsp3) is 0.611. The Morgan fingerprint density at radius 3 is 2.46 bits per heavy atom. The maximum atomic E-state index is 12.6. The van der Waals surface area contributed by atoms with E-state index in [2.05, 4.69) is 43.1 Å². The number of halogens is 2. The summed E-state index contributed by atoms with van der Waals surface area (Å²) in [6.45, 7) is 11.1. The van der Waals surface area contributed by atoms with Crippen molar-refractivity contribution < 1.29 is 4.79 Å². The molecule has 1 unspecified atom stereocenters. The summed E-state index contributed by atoms with van der Waals surface area (Å²) in [4.78, 5) is 16.9. The number of carbonyl (C=O) groups is 1. The lowest BCUT2D eigenvalue weighted by Crippen LogP contribution is -2.51. The van der Waals surface area contributed by atoms with Gasteiger partial charge in [-0.15, -0.1) is 24.8 Å². The summed E-state index contributed by atoms with van der Waals surface area (Å²) >= 11 is 0. The predicted octanol–water partition coefficient (Wildman–Crippen LogP) is 3.59. The van der Waals surface area contributed by atoms with Crippen molar-refractivity contribution in [1.82, 2.24) is 10.2 Å². The second-order valence-electron chi connectivity index (χ2n) is 6.09. The molecule has 1 atom stereocenters. The van der Waals surface area contributed by atoms with Gasteiger partial charge in [0.1, 0.15) is 0 Å². The minimum absolute atomic E-state index is 0. The zero-order valence-electron chi connectivity index (χ0n) is 15.0. The number of unbranched alkanes of at least 4 members (excludes halogenated alkanes) is 1. The molecule has 0 radical (unpaired) electrons. The van der Waals surface area contributed by atoms with E-state index < -0.39 is 0 Å². The van der Waals surface area contributed by atoms with Crippen LogP contribution in [0.2, 0.25) is 0 Å². The molecule has 1 N–H and O–H groups in total. The van der Waals surface area contributed by atoms with Crippen LogP contribution in [0.5, 0.6) is 0 Å². The fourth-order valence-corrected chi connectivity index (χ4v) is 2.93. The Kier molecular flexibility index (Phi) is 11.1. The van der Waals surface area contributed by atoms with Crippen molar-refractivity contribution in [2.45, 2.75) is 39.7 Å².